The van der Waals surface area contributed by atoms with Crippen LogP contribution in [-0.2, 0) is 4.79 Å². The van der Waals surface area contributed by atoms with E-state index in [9.17, 15) is 19.8 Å². The van der Waals surface area contributed by atoms with Gasteiger partial charge in [-0.2, -0.15) is 0 Å². The number of aliphatic hydroxyl groups excluding tert-OH is 1. The van der Waals surface area contributed by atoms with Crippen LogP contribution in [0.5, 0.6) is 5.75 Å². The number of thiazole rings is 1. The van der Waals surface area contributed by atoms with Crippen molar-refractivity contribution in [3.63, 3.8) is 0 Å². The molecule has 0 aliphatic carbocycles. The summed E-state index contributed by atoms with van der Waals surface area (Å²) in [6.45, 7) is 3.47. The molecule has 9 heteroatoms. The van der Waals surface area contributed by atoms with E-state index in [-0.39, 0.29) is 21.4 Å². The Hall–Kier alpha value is -2.87. The third kappa shape index (κ3) is 3.80. The third-order valence-electron chi connectivity index (χ3n) is 4.87. The molecule has 1 aromatic heterocycles. The quantitative estimate of drug-likeness (QED) is 0.483. The minimum Gasteiger partial charge on any atom is -0.508 e. The number of aryl methyl sites for hydroxylation is 2. The van der Waals surface area contributed by atoms with Crippen LogP contribution in [0.25, 0.3) is 0 Å². The highest BCUT2D eigenvalue weighted by molar-refractivity contribution is 7.14. The van der Waals surface area contributed by atoms with Gasteiger partial charge in [0.1, 0.15) is 5.75 Å². The van der Waals surface area contributed by atoms with Crippen molar-refractivity contribution >= 4 is 51.9 Å². The van der Waals surface area contributed by atoms with Crippen LogP contribution in [0.4, 0.5) is 5.69 Å². The van der Waals surface area contributed by atoms with E-state index >= 15 is 0 Å². The molecule has 0 bridgehead atoms. The van der Waals surface area contributed by atoms with Crippen molar-refractivity contribution in [1.29, 1.82) is 0 Å². The van der Waals surface area contributed by atoms with Crippen LogP contribution in [0.1, 0.15) is 32.0 Å². The number of aliphatic hydroxyl groups is 1. The van der Waals surface area contributed by atoms with E-state index in [1.54, 1.807) is 26.0 Å². The number of aromatic hydroxyl groups is 1. The minimum absolute atomic E-state index is 0.0444. The van der Waals surface area contributed by atoms with Crippen LogP contribution in [0.2, 0.25) is 10.0 Å². The van der Waals surface area contributed by atoms with Crippen LogP contribution in [-0.4, -0.2) is 26.9 Å². The number of amides is 1. The number of ketones is 1. The first-order valence-electron chi connectivity index (χ1n) is 9.18. The van der Waals surface area contributed by atoms with Gasteiger partial charge in [0, 0.05) is 15.7 Å². The van der Waals surface area contributed by atoms with Gasteiger partial charge in [-0.15, -0.1) is 11.3 Å². The zero-order valence-electron chi connectivity index (χ0n) is 16.4. The molecule has 0 fully saturated rings. The molecule has 0 saturated heterocycles. The van der Waals surface area contributed by atoms with Crippen LogP contribution in [0.3, 0.4) is 0 Å². The third-order valence-corrected chi connectivity index (χ3v) is 6.38. The molecule has 1 unspecified atom stereocenters. The number of hydrogen-bond donors (Lipinski definition) is 2. The SMILES string of the molecule is Cc1nc(C)c(C(=O)C2=C(O)C(=O)N(c3cc(Cl)cc(Cl)c3)C2c2cccc(O)c2)s1. The largest absolute Gasteiger partial charge is 0.508 e. The summed E-state index contributed by atoms with van der Waals surface area (Å²) in [4.78, 5) is 32.5. The smallest absolute Gasteiger partial charge is 0.294 e. The maximum absolute atomic E-state index is 13.5. The lowest BCUT2D eigenvalue weighted by molar-refractivity contribution is -0.117. The zero-order chi connectivity index (χ0) is 22.4. The van der Waals surface area contributed by atoms with Crippen molar-refractivity contribution in [2.75, 3.05) is 4.90 Å². The molecule has 31 heavy (non-hydrogen) atoms. The Balaban J connectivity index is 1.93. The predicted octanol–water partition coefficient (Wildman–Crippen LogP) is 5.56. The van der Waals surface area contributed by atoms with E-state index in [0.29, 0.717) is 26.8 Å². The number of anilines is 1. The number of carbonyl (C=O) groups is 2. The van der Waals surface area contributed by atoms with Crippen molar-refractivity contribution in [2.45, 2.75) is 19.9 Å². The van der Waals surface area contributed by atoms with Crippen LogP contribution >= 0.6 is 34.5 Å². The van der Waals surface area contributed by atoms with Crippen molar-refractivity contribution in [1.82, 2.24) is 4.98 Å². The van der Waals surface area contributed by atoms with E-state index in [1.807, 2.05) is 0 Å². The molecule has 1 amide bonds. The molecule has 158 valence electrons. The molecule has 1 aliphatic heterocycles. The van der Waals surface area contributed by atoms with Gasteiger partial charge in [-0.1, -0.05) is 35.3 Å². The highest BCUT2D eigenvalue weighted by Crippen LogP contribution is 2.44. The maximum atomic E-state index is 13.5. The topological polar surface area (TPSA) is 90.7 Å². The van der Waals surface area contributed by atoms with E-state index in [2.05, 4.69) is 4.98 Å². The highest BCUT2D eigenvalue weighted by atomic mass is 35.5. The second kappa shape index (κ2) is 8.00. The van der Waals surface area contributed by atoms with Gasteiger partial charge >= 0.3 is 0 Å². The number of carbonyl (C=O) groups excluding carboxylic acids is 2. The standard InChI is InChI=1S/C22H16Cl2N2O4S/c1-10-21(31-11(2)25-10)19(28)17-18(12-4-3-5-16(27)6-12)26(22(30)20(17)29)15-8-13(23)7-14(24)9-15/h3-9,18,27,29H,1-2H3. The molecule has 0 radical (unpaired) electrons. The number of nitrogens with zero attached hydrogens (tertiary/aromatic N) is 2. The van der Waals surface area contributed by atoms with Gasteiger partial charge in [0.05, 0.1) is 27.2 Å². The Morgan fingerprint density at radius 1 is 1.10 bits per heavy atom. The number of hydrogen-bond acceptors (Lipinski definition) is 6. The van der Waals surface area contributed by atoms with E-state index in [4.69, 9.17) is 23.2 Å². The molecule has 3 aromatic rings. The van der Waals surface area contributed by atoms with Crippen LogP contribution in [0, 0.1) is 13.8 Å². The summed E-state index contributed by atoms with van der Waals surface area (Å²) in [5.74, 6) is -1.98. The van der Waals surface area contributed by atoms with Gasteiger partial charge < -0.3 is 10.2 Å². The predicted molar refractivity (Wildman–Crippen MR) is 120 cm³/mol. The van der Waals surface area contributed by atoms with Crippen LogP contribution < -0.4 is 4.90 Å². The minimum atomic E-state index is -0.997. The van der Waals surface area contributed by atoms with Gasteiger partial charge in [0.25, 0.3) is 5.91 Å². The number of aromatic nitrogens is 1. The highest BCUT2D eigenvalue weighted by Gasteiger charge is 2.45. The summed E-state index contributed by atoms with van der Waals surface area (Å²) in [5.41, 5.74) is 1.16. The number of benzene rings is 2. The summed E-state index contributed by atoms with van der Waals surface area (Å²) < 4.78 is 0. The summed E-state index contributed by atoms with van der Waals surface area (Å²) in [5, 5.41) is 22.1. The molecule has 6 nitrogen and oxygen atoms in total. The van der Waals surface area contributed by atoms with Crippen molar-refractivity contribution in [3.05, 3.63) is 85.0 Å². The van der Waals surface area contributed by atoms with Gasteiger partial charge in [0.2, 0.25) is 5.78 Å². The molecule has 2 heterocycles. The summed E-state index contributed by atoms with van der Waals surface area (Å²) in [6.07, 6.45) is 0. The Labute approximate surface area is 192 Å². The van der Waals surface area contributed by atoms with Crippen molar-refractivity contribution in [3.8, 4) is 5.75 Å². The number of halogens is 2. The number of Topliss-reactive ketones (excluding diaryl/α,β-unsaturated/α-hetero) is 1. The number of phenolic OH excluding ortho intramolecular Hbond substituents is 1. The van der Waals surface area contributed by atoms with Gasteiger partial charge in [0.15, 0.2) is 5.76 Å². The summed E-state index contributed by atoms with van der Waals surface area (Å²) >= 11 is 13.5. The lowest BCUT2D eigenvalue weighted by Crippen LogP contribution is -2.31. The molecular weight excluding hydrogens is 459 g/mol. The molecule has 4 rings (SSSR count). The number of rotatable bonds is 4. The average molecular weight is 475 g/mol. The Kier molecular flexibility index (Phi) is 5.51. The zero-order valence-corrected chi connectivity index (χ0v) is 18.7. The Morgan fingerprint density at radius 3 is 2.35 bits per heavy atom. The fraction of sp³-hybridized carbons (Fsp3) is 0.136. The van der Waals surface area contributed by atoms with E-state index < -0.39 is 23.5 Å². The Morgan fingerprint density at radius 2 is 1.77 bits per heavy atom. The van der Waals surface area contributed by atoms with Gasteiger partial charge in [-0.3, -0.25) is 14.5 Å². The first kappa shape index (κ1) is 21.4. The molecule has 0 spiro atoms. The summed E-state index contributed by atoms with van der Waals surface area (Å²) in [7, 11) is 0. The maximum Gasteiger partial charge on any atom is 0.294 e. The second-order valence-corrected chi connectivity index (χ2v) is 9.12. The fourth-order valence-electron chi connectivity index (χ4n) is 3.66. The lowest BCUT2D eigenvalue weighted by Gasteiger charge is -2.27. The van der Waals surface area contributed by atoms with E-state index in [0.717, 1.165) is 0 Å². The number of phenols is 1. The first-order chi connectivity index (χ1) is 14.7. The fourth-order valence-corrected chi connectivity index (χ4v) is 5.04. The van der Waals surface area contributed by atoms with Gasteiger partial charge in [-0.05, 0) is 49.7 Å². The van der Waals surface area contributed by atoms with Crippen molar-refractivity contribution < 1.29 is 19.8 Å². The van der Waals surface area contributed by atoms with Crippen molar-refractivity contribution in [2.24, 2.45) is 0 Å². The monoisotopic (exact) mass is 474 g/mol. The Bertz CT molecular complexity index is 1250. The molecule has 1 aliphatic rings. The van der Waals surface area contributed by atoms with E-state index in [1.165, 1.54) is 46.6 Å². The van der Waals surface area contributed by atoms with Gasteiger partial charge in [-0.25, -0.2) is 4.98 Å². The molecule has 1 atom stereocenters. The van der Waals surface area contributed by atoms with Crippen LogP contribution in [0.15, 0.2) is 53.8 Å². The summed E-state index contributed by atoms with van der Waals surface area (Å²) in [6, 6.07) is 9.72. The first-order valence-corrected chi connectivity index (χ1v) is 10.7. The molecule has 2 aromatic carbocycles. The normalized spacial score (nSPS) is 16.3. The molecular formula is C22H16Cl2N2O4S. The molecule has 2 N–H and O–H groups in total. The lowest BCUT2D eigenvalue weighted by atomic mass is 9.94. The molecule has 0 saturated carbocycles. The second-order valence-electron chi connectivity index (χ2n) is 7.04. The average Bonchev–Trinajstić information content (AvgIpc) is 3.16.